The van der Waals surface area contributed by atoms with Crippen LogP contribution in [0.3, 0.4) is 0 Å². The Labute approximate surface area is 174 Å². The number of Topliss-reactive ketones (excluding diaryl/α,β-unsaturated/α-hetero) is 1. The molecular formula is C25H32N2O2. The first-order valence-electron chi connectivity index (χ1n) is 10.5. The summed E-state index contributed by atoms with van der Waals surface area (Å²) in [6.45, 7) is 11.1. The van der Waals surface area contributed by atoms with E-state index in [2.05, 4.69) is 30.1 Å². The van der Waals surface area contributed by atoms with Crippen molar-refractivity contribution in [2.75, 3.05) is 13.1 Å². The Morgan fingerprint density at radius 1 is 1.03 bits per heavy atom. The number of hydrogen-bond donors (Lipinski definition) is 1. The van der Waals surface area contributed by atoms with Crippen LogP contribution in [0.25, 0.3) is 0 Å². The number of benzene rings is 2. The van der Waals surface area contributed by atoms with Crippen LogP contribution in [0.4, 0.5) is 0 Å². The Morgan fingerprint density at radius 2 is 1.69 bits per heavy atom. The largest absolute Gasteiger partial charge is 0.352 e. The molecule has 0 unspecified atom stereocenters. The summed E-state index contributed by atoms with van der Waals surface area (Å²) in [5.41, 5.74) is 6.66. The molecule has 1 aliphatic heterocycles. The SMILES string of the molecule is CC(=O)c1c(C)cc(C)c(CN2CCC(C(=O)NCc3ccccc3)CC2)c1C. The molecule has 1 saturated heterocycles. The van der Waals surface area contributed by atoms with E-state index in [1.165, 1.54) is 11.1 Å². The molecule has 1 amide bonds. The van der Waals surface area contributed by atoms with Crippen molar-refractivity contribution in [1.82, 2.24) is 10.2 Å². The number of nitrogens with one attached hydrogen (secondary N) is 1. The first-order valence-corrected chi connectivity index (χ1v) is 10.5. The van der Waals surface area contributed by atoms with Crippen molar-refractivity contribution in [3.05, 3.63) is 69.8 Å². The van der Waals surface area contributed by atoms with Gasteiger partial charge in [0.15, 0.2) is 5.78 Å². The third-order valence-electron chi connectivity index (χ3n) is 6.13. The summed E-state index contributed by atoms with van der Waals surface area (Å²) in [5.74, 6) is 0.382. The summed E-state index contributed by atoms with van der Waals surface area (Å²) in [6, 6.07) is 12.2. The lowest BCUT2D eigenvalue weighted by atomic mass is 9.90. The van der Waals surface area contributed by atoms with Gasteiger partial charge in [-0.2, -0.15) is 0 Å². The van der Waals surface area contributed by atoms with Crippen molar-refractivity contribution in [1.29, 1.82) is 0 Å². The lowest BCUT2D eigenvalue weighted by molar-refractivity contribution is -0.126. The zero-order valence-corrected chi connectivity index (χ0v) is 18.0. The molecule has 0 bridgehead atoms. The van der Waals surface area contributed by atoms with Crippen molar-refractivity contribution >= 4 is 11.7 Å². The third-order valence-corrected chi connectivity index (χ3v) is 6.13. The molecule has 2 aromatic carbocycles. The topological polar surface area (TPSA) is 49.4 Å². The van der Waals surface area contributed by atoms with Crippen molar-refractivity contribution in [3.8, 4) is 0 Å². The number of aryl methyl sites for hydroxylation is 2. The normalized spacial score (nSPS) is 15.3. The van der Waals surface area contributed by atoms with Gasteiger partial charge >= 0.3 is 0 Å². The predicted octanol–water partition coefficient (Wildman–Crippen LogP) is 4.34. The van der Waals surface area contributed by atoms with Gasteiger partial charge in [0.25, 0.3) is 0 Å². The van der Waals surface area contributed by atoms with Crippen molar-refractivity contribution in [3.63, 3.8) is 0 Å². The zero-order chi connectivity index (χ0) is 21.0. The van der Waals surface area contributed by atoms with E-state index in [1.807, 2.05) is 37.3 Å². The van der Waals surface area contributed by atoms with Crippen LogP contribution in [0, 0.1) is 26.7 Å². The molecule has 154 valence electrons. The average molecular weight is 393 g/mol. The number of amides is 1. The molecule has 1 heterocycles. The molecule has 0 atom stereocenters. The molecule has 0 radical (unpaired) electrons. The second-order valence-corrected chi connectivity index (χ2v) is 8.30. The minimum atomic E-state index is 0.0861. The van der Waals surface area contributed by atoms with Gasteiger partial charge in [0.1, 0.15) is 0 Å². The fourth-order valence-corrected chi connectivity index (χ4v) is 4.52. The van der Waals surface area contributed by atoms with Crippen LogP contribution in [0.2, 0.25) is 0 Å². The summed E-state index contributed by atoms with van der Waals surface area (Å²) in [6.07, 6.45) is 1.76. The summed E-state index contributed by atoms with van der Waals surface area (Å²) in [7, 11) is 0. The van der Waals surface area contributed by atoms with E-state index in [1.54, 1.807) is 6.92 Å². The molecule has 3 rings (SSSR count). The lowest BCUT2D eigenvalue weighted by Gasteiger charge is -2.32. The van der Waals surface area contributed by atoms with Crippen LogP contribution in [0.5, 0.6) is 0 Å². The van der Waals surface area contributed by atoms with E-state index in [0.29, 0.717) is 6.54 Å². The Bertz CT molecular complexity index is 881. The summed E-state index contributed by atoms with van der Waals surface area (Å²) >= 11 is 0. The Kier molecular flexibility index (Phi) is 6.86. The summed E-state index contributed by atoms with van der Waals surface area (Å²) in [5, 5.41) is 3.08. The number of nitrogens with zero attached hydrogens (tertiary/aromatic N) is 1. The number of likely N-dealkylation sites (tertiary alicyclic amines) is 1. The van der Waals surface area contributed by atoms with E-state index < -0.39 is 0 Å². The molecule has 4 nitrogen and oxygen atoms in total. The van der Waals surface area contributed by atoms with E-state index >= 15 is 0 Å². The van der Waals surface area contributed by atoms with Crippen LogP contribution in [-0.4, -0.2) is 29.7 Å². The molecule has 1 fully saturated rings. The molecule has 0 saturated carbocycles. The second-order valence-electron chi connectivity index (χ2n) is 8.30. The highest BCUT2D eigenvalue weighted by molar-refractivity contribution is 5.97. The van der Waals surface area contributed by atoms with Crippen LogP contribution in [-0.2, 0) is 17.9 Å². The van der Waals surface area contributed by atoms with Crippen LogP contribution in [0.1, 0.15) is 57.9 Å². The van der Waals surface area contributed by atoms with Crippen LogP contribution in [0.15, 0.2) is 36.4 Å². The molecule has 0 aromatic heterocycles. The minimum absolute atomic E-state index is 0.0861. The average Bonchev–Trinajstić information content (AvgIpc) is 2.70. The predicted molar refractivity (Wildman–Crippen MR) is 117 cm³/mol. The fourth-order valence-electron chi connectivity index (χ4n) is 4.52. The maximum atomic E-state index is 12.5. The standard InChI is InChI=1S/C25H32N2O2/c1-17-14-18(2)24(20(4)28)19(3)23(17)16-27-12-10-22(11-13-27)25(29)26-15-21-8-6-5-7-9-21/h5-9,14,22H,10-13,15-16H2,1-4H3,(H,26,29). The van der Waals surface area contributed by atoms with E-state index in [-0.39, 0.29) is 17.6 Å². The monoisotopic (exact) mass is 392 g/mol. The summed E-state index contributed by atoms with van der Waals surface area (Å²) < 4.78 is 0. The third kappa shape index (κ3) is 5.13. The van der Waals surface area contributed by atoms with Gasteiger partial charge in [0.2, 0.25) is 5.91 Å². The molecule has 1 N–H and O–H groups in total. The zero-order valence-electron chi connectivity index (χ0n) is 18.0. The number of piperidine rings is 1. The molecular weight excluding hydrogens is 360 g/mol. The highest BCUT2D eigenvalue weighted by Gasteiger charge is 2.26. The first kappa shape index (κ1) is 21.3. The number of carbonyl (C=O) groups is 2. The van der Waals surface area contributed by atoms with Gasteiger partial charge in [-0.25, -0.2) is 0 Å². The van der Waals surface area contributed by atoms with Gasteiger partial charge in [0, 0.05) is 24.6 Å². The first-order chi connectivity index (χ1) is 13.9. The molecule has 2 aromatic rings. The second kappa shape index (κ2) is 9.36. The molecule has 0 spiro atoms. The van der Waals surface area contributed by atoms with E-state index in [4.69, 9.17) is 0 Å². The number of hydrogen-bond acceptors (Lipinski definition) is 3. The molecule has 4 heteroatoms. The van der Waals surface area contributed by atoms with Gasteiger partial charge in [-0.15, -0.1) is 0 Å². The quantitative estimate of drug-likeness (QED) is 0.744. The highest BCUT2D eigenvalue weighted by Crippen LogP contribution is 2.26. The van der Waals surface area contributed by atoms with Gasteiger partial charge in [-0.05, 0) is 81.4 Å². The highest BCUT2D eigenvalue weighted by atomic mass is 16.1. The number of carbonyl (C=O) groups excluding carboxylic acids is 2. The van der Waals surface area contributed by atoms with Crippen molar-refractivity contribution in [2.45, 2.75) is 53.6 Å². The van der Waals surface area contributed by atoms with E-state index in [0.717, 1.165) is 54.7 Å². The maximum Gasteiger partial charge on any atom is 0.223 e. The Hall–Kier alpha value is -2.46. The molecule has 29 heavy (non-hydrogen) atoms. The summed E-state index contributed by atoms with van der Waals surface area (Å²) in [4.78, 5) is 27.0. The van der Waals surface area contributed by atoms with Gasteiger partial charge in [-0.3, -0.25) is 14.5 Å². The maximum absolute atomic E-state index is 12.5. The fraction of sp³-hybridized carbons (Fsp3) is 0.440. The smallest absolute Gasteiger partial charge is 0.223 e. The number of rotatable bonds is 6. The van der Waals surface area contributed by atoms with Gasteiger partial charge < -0.3 is 5.32 Å². The van der Waals surface area contributed by atoms with E-state index in [9.17, 15) is 9.59 Å². The lowest BCUT2D eigenvalue weighted by Crippen LogP contribution is -2.40. The van der Waals surface area contributed by atoms with Crippen molar-refractivity contribution in [2.24, 2.45) is 5.92 Å². The minimum Gasteiger partial charge on any atom is -0.352 e. The number of ketones is 1. The van der Waals surface area contributed by atoms with Crippen molar-refractivity contribution < 1.29 is 9.59 Å². The molecule has 0 aliphatic carbocycles. The van der Waals surface area contributed by atoms with Crippen LogP contribution < -0.4 is 5.32 Å². The molecule has 1 aliphatic rings. The van der Waals surface area contributed by atoms with Gasteiger partial charge in [-0.1, -0.05) is 36.4 Å². The Balaban J connectivity index is 1.57. The van der Waals surface area contributed by atoms with Crippen LogP contribution >= 0.6 is 0 Å². The Morgan fingerprint density at radius 3 is 2.31 bits per heavy atom. The van der Waals surface area contributed by atoms with Gasteiger partial charge in [0.05, 0.1) is 0 Å².